The van der Waals surface area contributed by atoms with Gasteiger partial charge in [-0.25, -0.2) is 4.79 Å². The molecule has 0 spiro atoms. The van der Waals surface area contributed by atoms with Crippen LogP contribution in [0.2, 0.25) is 5.02 Å². The monoisotopic (exact) mass is 385 g/mol. The van der Waals surface area contributed by atoms with Gasteiger partial charge in [-0.15, -0.1) is 0 Å². The third-order valence-electron chi connectivity index (χ3n) is 4.60. The standard InChI is InChI=1S/C20H20ClN3O3/c1-13-7-9-14(10-8-13)11-22-17(25)12-24-18(26)20(2,23-19(24)27)15-5-3-4-6-16(15)21/h3-10H,11-12H2,1-2H3,(H,22,25)(H,23,27)/t20-/m0/s1. The van der Waals surface area contributed by atoms with Crippen LogP contribution in [0.5, 0.6) is 0 Å². The lowest BCUT2D eigenvalue weighted by molar-refractivity contribution is -0.134. The third-order valence-corrected chi connectivity index (χ3v) is 4.93. The number of hydrogen-bond donors (Lipinski definition) is 2. The fourth-order valence-corrected chi connectivity index (χ4v) is 3.32. The number of amides is 4. The molecule has 2 N–H and O–H groups in total. The van der Waals surface area contributed by atoms with Crippen LogP contribution in [0.15, 0.2) is 48.5 Å². The highest BCUT2D eigenvalue weighted by Crippen LogP contribution is 2.33. The largest absolute Gasteiger partial charge is 0.350 e. The van der Waals surface area contributed by atoms with Crippen molar-refractivity contribution in [2.75, 3.05) is 6.54 Å². The van der Waals surface area contributed by atoms with E-state index in [1.807, 2.05) is 31.2 Å². The van der Waals surface area contributed by atoms with Gasteiger partial charge in [-0.2, -0.15) is 0 Å². The molecular weight excluding hydrogens is 366 g/mol. The van der Waals surface area contributed by atoms with Crippen LogP contribution < -0.4 is 10.6 Å². The van der Waals surface area contributed by atoms with Crippen molar-refractivity contribution in [3.05, 3.63) is 70.2 Å². The predicted octanol–water partition coefficient (Wildman–Crippen LogP) is 2.73. The molecule has 0 unspecified atom stereocenters. The predicted molar refractivity (Wildman–Crippen MR) is 102 cm³/mol. The van der Waals surface area contributed by atoms with Gasteiger partial charge in [0.25, 0.3) is 5.91 Å². The summed E-state index contributed by atoms with van der Waals surface area (Å²) in [6.07, 6.45) is 0. The number of imide groups is 1. The molecule has 0 aliphatic carbocycles. The molecule has 0 aromatic heterocycles. The minimum absolute atomic E-state index is 0.324. The molecule has 1 saturated heterocycles. The van der Waals surface area contributed by atoms with E-state index in [1.165, 1.54) is 0 Å². The first kappa shape index (κ1) is 18.9. The average molecular weight is 386 g/mol. The van der Waals surface area contributed by atoms with Crippen molar-refractivity contribution in [2.24, 2.45) is 0 Å². The van der Waals surface area contributed by atoms with Gasteiger partial charge in [0.05, 0.1) is 0 Å². The molecule has 1 aliphatic heterocycles. The van der Waals surface area contributed by atoms with Crippen LogP contribution in [0.1, 0.15) is 23.6 Å². The number of halogens is 1. The lowest BCUT2D eigenvalue weighted by Gasteiger charge is -2.23. The summed E-state index contributed by atoms with van der Waals surface area (Å²) in [6, 6.07) is 13.9. The Morgan fingerprint density at radius 3 is 2.48 bits per heavy atom. The van der Waals surface area contributed by atoms with Crippen molar-refractivity contribution in [1.29, 1.82) is 0 Å². The minimum Gasteiger partial charge on any atom is -0.350 e. The summed E-state index contributed by atoms with van der Waals surface area (Å²) in [5.41, 5.74) is 1.26. The number of benzene rings is 2. The summed E-state index contributed by atoms with van der Waals surface area (Å²) in [6.45, 7) is 3.54. The highest BCUT2D eigenvalue weighted by molar-refractivity contribution is 6.32. The number of rotatable bonds is 5. The number of nitrogens with zero attached hydrogens (tertiary/aromatic N) is 1. The maximum Gasteiger partial charge on any atom is 0.325 e. The Hall–Kier alpha value is -2.86. The van der Waals surface area contributed by atoms with Gasteiger partial charge in [-0.1, -0.05) is 59.6 Å². The molecular formula is C20H20ClN3O3. The molecule has 7 heteroatoms. The van der Waals surface area contributed by atoms with Crippen molar-refractivity contribution in [1.82, 2.24) is 15.5 Å². The Bertz CT molecular complexity index is 898. The summed E-state index contributed by atoms with van der Waals surface area (Å²) in [5.74, 6) is -0.923. The van der Waals surface area contributed by atoms with Crippen molar-refractivity contribution in [3.8, 4) is 0 Å². The Balaban J connectivity index is 1.67. The Morgan fingerprint density at radius 1 is 1.15 bits per heavy atom. The zero-order valence-electron chi connectivity index (χ0n) is 15.1. The molecule has 2 aromatic carbocycles. The number of aryl methyl sites for hydroxylation is 1. The second-order valence-corrected chi connectivity index (χ2v) is 7.10. The first-order valence-corrected chi connectivity index (χ1v) is 8.90. The van der Waals surface area contributed by atoms with Crippen molar-refractivity contribution >= 4 is 29.4 Å². The van der Waals surface area contributed by atoms with Gasteiger partial charge in [0.15, 0.2) is 0 Å². The normalized spacial score (nSPS) is 19.1. The van der Waals surface area contributed by atoms with Gasteiger partial charge < -0.3 is 10.6 Å². The van der Waals surface area contributed by atoms with Gasteiger partial charge in [-0.05, 0) is 25.5 Å². The van der Waals surface area contributed by atoms with Crippen LogP contribution in [0.25, 0.3) is 0 Å². The smallest absolute Gasteiger partial charge is 0.325 e. The van der Waals surface area contributed by atoms with Crippen molar-refractivity contribution < 1.29 is 14.4 Å². The summed E-state index contributed by atoms with van der Waals surface area (Å²) < 4.78 is 0. The maximum atomic E-state index is 12.8. The molecule has 140 valence electrons. The SMILES string of the molecule is Cc1ccc(CNC(=O)CN2C(=O)N[C@@](C)(c3ccccc3Cl)C2=O)cc1. The van der Waals surface area contributed by atoms with E-state index in [2.05, 4.69) is 10.6 Å². The molecule has 1 aliphatic rings. The molecule has 6 nitrogen and oxygen atoms in total. The summed E-state index contributed by atoms with van der Waals surface area (Å²) in [5, 5.41) is 5.75. The van der Waals surface area contributed by atoms with Gasteiger partial charge in [0.1, 0.15) is 12.1 Å². The van der Waals surface area contributed by atoms with Crippen LogP contribution in [0, 0.1) is 6.92 Å². The van der Waals surface area contributed by atoms with Crippen molar-refractivity contribution in [3.63, 3.8) is 0 Å². The Labute approximate surface area is 162 Å². The number of urea groups is 1. The average Bonchev–Trinajstić information content (AvgIpc) is 2.85. The van der Waals surface area contributed by atoms with Crippen LogP contribution in [-0.2, 0) is 21.7 Å². The van der Waals surface area contributed by atoms with E-state index in [0.717, 1.165) is 16.0 Å². The van der Waals surface area contributed by atoms with Crippen LogP contribution in [-0.4, -0.2) is 29.3 Å². The summed E-state index contributed by atoms with van der Waals surface area (Å²) >= 11 is 6.19. The third kappa shape index (κ3) is 3.80. The van der Waals surface area contributed by atoms with Gasteiger partial charge in [-0.3, -0.25) is 14.5 Å². The molecule has 0 bridgehead atoms. The minimum atomic E-state index is -1.30. The van der Waals surface area contributed by atoms with E-state index in [9.17, 15) is 14.4 Å². The molecule has 0 radical (unpaired) electrons. The van der Waals surface area contributed by atoms with Crippen LogP contribution in [0.3, 0.4) is 0 Å². The van der Waals surface area contributed by atoms with E-state index in [-0.39, 0.29) is 6.54 Å². The maximum absolute atomic E-state index is 12.8. The van der Waals surface area contributed by atoms with Crippen molar-refractivity contribution in [2.45, 2.75) is 25.9 Å². The molecule has 27 heavy (non-hydrogen) atoms. The van der Waals surface area contributed by atoms with Gasteiger partial charge in [0, 0.05) is 17.1 Å². The van der Waals surface area contributed by atoms with E-state index in [1.54, 1.807) is 31.2 Å². The van der Waals surface area contributed by atoms with Crippen LogP contribution >= 0.6 is 11.6 Å². The van der Waals surface area contributed by atoms with E-state index in [4.69, 9.17) is 11.6 Å². The molecule has 3 rings (SSSR count). The zero-order chi connectivity index (χ0) is 19.6. The molecule has 0 saturated carbocycles. The molecule has 1 heterocycles. The highest BCUT2D eigenvalue weighted by atomic mass is 35.5. The summed E-state index contributed by atoms with van der Waals surface area (Å²) in [4.78, 5) is 38.3. The second-order valence-electron chi connectivity index (χ2n) is 6.69. The quantitative estimate of drug-likeness (QED) is 0.777. The number of nitrogens with one attached hydrogen (secondary N) is 2. The molecule has 1 atom stereocenters. The van der Waals surface area contributed by atoms with E-state index < -0.39 is 23.4 Å². The Morgan fingerprint density at radius 2 is 1.81 bits per heavy atom. The molecule has 1 fully saturated rings. The van der Waals surface area contributed by atoms with Gasteiger partial charge >= 0.3 is 6.03 Å². The fraction of sp³-hybridized carbons (Fsp3) is 0.250. The lowest BCUT2D eigenvalue weighted by Crippen LogP contribution is -2.43. The van der Waals surface area contributed by atoms with Gasteiger partial charge in [0.2, 0.25) is 5.91 Å². The summed E-state index contributed by atoms with van der Waals surface area (Å²) in [7, 11) is 0. The lowest BCUT2D eigenvalue weighted by atomic mass is 9.92. The number of carbonyl (C=O) groups is 3. The fourth-order valence-electron chi connectivity index (χ4n) is 3.00. The Kier molecular flexibility index (Phi) is 5.19. The molecule has 4 amide bonds. The zero-order valence-corrected chi connectivity index (χ0v) is 15.8. The number of carbonyl (C=O) groups excluding carboxylic acids is 3. The molecule has 2 aromatic rings. The topological polar surface area (TPSA) is 78.5 Å². The highest BCUT2D eigenvalue weighted by Gasteiger charge is 2.50. The first-order chi connectivity index (χ1) is 12.8. The first-order valence-electron chi connectivity index (χ1n) is 8.52. The van der Waals surface area contributed by atoms with E-state index in [0.29, 0.717) is 17.1 Å². The second kappa shape index (κ2) is 7.40. The van der Waals surface area contributed by atoms with E-state index >= 15 is 0 Å². The van der Waals surface area contributed by atoms with Crippen LogP contribution in [0.4, 0.5) is 4.79 Å². The number of hydrogen-bond acceptors (Lipinski definition) is 3.